The number of aliphatic carboxylic acids is 1. The van der Waals surface area contributed by atoms with Crippen LogP contribution in [-0.2, 0) is 30.5 Å². The minimum absolute atomic E-state index is 0.0370. The average molecular weight is 451 g/mol. The second kappa shape index (κ2) is 11.5. The number of ether oxygens (including phenoxy) is 2. The second-order valence-corrected chi connectivity index (χ2v) is 8.93. The van der Waals surface area contributed by atoms with E-state index in [2.05, 4.69) is 0 Å². The van der Waals surface area contributed by atoms with Crippen molar-refractivity contribution in [2.24, 2.45) is 5.92 Å². The number of hydrogen-bond acceptors (Lipinski definition) is 6. The predicted octanol–water partition coefficient (Wildman–Crippen LogP) is 2.92. The number of hydrogen-bond donors (Lipinski definition) is 1. The van der Waals surface area contributed by atoms with Gasteiger partial charge in [0.25, 0.3) is 0 Å². The zero-order valence-electron chi connectivity index (χ0n) is 19.8. The third kappa shape index (κ3) is 8.20. The molecular weight excluding hydrogens is 416 g/mol. The summed E-state index contributed by atoms with van der Waals surface area (Å²) in [7, 11) is 2.72. The molecule has 178 valence electrons. The fraction of sp³-hybridized carbons (Fsp3) is 0.565. The third-order valence-electron chi connectivity index (χ3n) is 4.68. The number of carbonyl (C=O) groups is 4. The van der Waals surface area contributed by atoms with E-state index in [-0.39, 0.29) is 12.5 Å². The van der Waals surface area contributed by atoms with Gasteiger partial charge in [-0.05, 0) is 32.3 Å². The quantitative estimate of drug-likeness (QED) is 0.576. The van der Waals surface area contributed by atoms with Crippen LogP contribution in [-0.4, -0.2) is 70.6 Å². The smallest absolute Gasteiger partial charge is 0.410 e. The van der Waals surface area contributed by atoms with Gasteiger partial charge in [0.15, 0.2) is 0 Å². The van der Waals surface area contributed by atoms with Gasteiger partial charge in [-0.25, -0.2) is 9.59 Å². The van der Waals surface area contributed by atoms with Crippen molar-refractivity contribution in [1.82, 2.24) is 9.80 Å². The number of carbonyl (C=O) groups excluding carboxylic acids is 3. The van der Waals surface area contributed by atoms with Crippen molar-refractivity contribution < 1.29 is 33.8 Å². The summed E-state index contributed by atoms with van der Waals surface area (Å²) in [5.41, 5.74) is 0.00781. The van der Waals surface area contributed by atoms with Gasteiger partial charge in [-0.2, -0.15) is 0 Å². The number of likely N-dealkylation sites (N-methyl/N-ethyl adjacent to an activating group) is 2. The number of esters is 1. The van der Waals surface area contributed by atoms with Crippen LogP contribution in [0.25, 0.3) is 0 Å². The molecule has 1 rings (SSSR count). The molecule has 0 heterocycles. The first-order valence-electron chi connectivity index (χ1n) is 10.4. The van der Waals surface area contributed by atoms with Crippen molar-refractivity contribution in [2.45, 2.75) is 65.3 Å². The SMILES string of the molecule is CC(C)[C@@H](C(=O)N(C)[C@@H](CC(=O)OC(C)(C)C)C(=O)O)N(C)C(=O)OCc1ccccc1. The summed E-state index contributed by atoms with van der Waals surface area (Å²) in [4.78, 5) is 51.8. The molecule has 0 unspecified atom stereocenters. The van der Waals surface area contributed by atoms with Crippen LogP contribution in [0, 0.1) is 5.92 Å². The number of rotatable bonds is 9. The minimum atomic E-state index is -1.44. The Hall–Kier alpha value is -3.10. The number of carboxylic acid groups (broad SMARTS) is 1. The number of carboxylic acids is 1. The lowest BCUT2D eigenvalue weighted by atomic mass is 10.0. The monoisotopic (exact) mass is 450 g/mol. The molecule has 0 bridgehead atoms. The zero-order valence-corrected chi connectivity index (χ0v) is 19.8. The molecule has 2 atom stereocenters. The lowest BCUT2D eigenvalue weighted by Gasteiger charge is -2.34. The van der Waals surface area contributed by atoms with Gasteiger partial charge in [-0.3, -0.25) is 14.5 Å². The van der Waals surface area contributed by atoms with E-state index in [0.29, 0.717) is 0 Å². The Kier molecular flexibility index (Phi) is 9.68. The summed E-state index contributed by atoms with van der Waals surface area (Å²) in [6, 6.07) is 6.67. The normalized spacial score (nSPS) is 13.1. The fourth-order valence-corrected chi connectivity index (χ4v) is 3.13. The molecule has 2 amide bonds. The van der Waals surface area contributed by atoms with Crippen molar-refractivity contribution >= 4 is 23.9 Å². The maximum Gasteiger partial charge on any atom is 0.410 e. The zero-order chi connectivity index (χ0) is 24.6. The highest BCUT2D eigenvalue weighted by molar-refractivity contribution is 5.91. The van der Waals surface area contributed by atoms with Crippen LogP contribution in [0.2, 0.25) is 0 Å². The first-order valence-corrected chi connectivity index (χ1v) is 10.4. The summed E-state index contributed by atoms with van der Waals surface area (Å²) < 4.78 is 10.5. The number of nitrogens with zero attached hydrogens (tertiary/aromatic N) is 2. The van der Waals surface area contributed by atoms with Crippen LogP contribution in [0.3, 0.4) is 0 Å². The molecule has 32 heavy (non-hydrogen) atoms. The van der Waals surface area contributed by atoms with Gasteiger partial charge in [0, 0.05) is 14.1 Å². The van der Waals surface area contributed by atoms with E-state index >= 15 is 0 Å². The van der Waals surface area contributed by atoms with Gasteiger partial charge < -0.3 is 19.5 Å². The van der Waals surface area contributed by atoms with Crippen LogP contribution in [0.4, 0.5) is 4.79 Å². The lowest BCUT2D eigenvalue weighted by molar-refractivity contribution is -0.162. The molecule has 0 aliphatic heterocycles. The fourth-order valence-electron chi connectivity index (χ4n) is 3.13. The van der Waals surface area contributed by atoms with E-state index in [1.54, 1.807) is 46.8 Å². The highest BCUT2D eigenvalue weighted by Gasteiger charge is 2.38. The van der Waals surface area contributed by atoms with E-state index in [9.17, 15) is 24.3 Å². The molecule has 1 aromatic carbocycles. The second-order valence-electron chi connectivity index (χ2n) is 8.93. The molecule has 0 saturated heterocycles. The highest BCUT2D eigenvalue weighted by Crippen LogP contribution is 2.18. The van der Waals surface area contributed by atoms with E-state index in [0.717, 1.165) is 15.4 Å². The maximum absolute atomic E-state index is 13.2. The molecule has 1 aromatic rings. The number of amides is 2. The van der Waals surface area contributed by atoms with Crippen molar-refractivity contribution in [2.75, 3.05) is 14.1 Å². The highest BCUT2D eigenvalue weighted by atomic mass is 16.6. The van der Waals surface area contributed by atoms with Gasteiger partial charge in [0.2, 0.25) is 5.91 Å². The summed E-state index contributed by atoms with van der Waals surface area (Å²) in [5, 5.41) is 9.61. The predicted molar refractivity (Wildman–Crippen MR) is 118 cm³/mol. The van der Waals surface area contributed by atoms with Gasteiger partial charge >= 0.3 is 18.0 Å². The van der Waals surface area contributed by atoms with Crippen LogP contribution in [0.1, 0.15) is 46.6 Å². The largest absolute Gasteiger partial charge is 0.480 e. The Morgan fingerprint density at radius 2 is 1.56 bits per heavy atom. The third-order valence-corrected chi connectivity index (χ3v) is 4.68. The van der Waals surface area contributed by atoms with Crippen molar-refractivity contribution in [3.05, 3.63) is 35.9 Å². The molecule has 9 heteroatoms. The van der Waals surface area contributed by atoms with Crippen LogP contribution >= 0.6 is 0 Å². The Bertz CT molecular complexity index is 802. The summed E-state index contributed by atoms with van der Waals surface area (Å²) in [6.07, 6.45) is -1.23. The van der Waals surface area contributed by atoms with E-state index in [4.69, 9.17) is 9.47 Å². The summed E-state index contributed by atoms with van der Waals surface area (Å²) in [5.74, 6) is -3.03. The first-order chi connectivity index (χ1) is 14.7. The van der Waals surface area contributed by atoms with Crippen molar-refractivity contribution in [3.8, 4) is 0 Å². The maximum atomic E-state index is 13.2. The van der Waals surface area contributed by atoms with Gasteiger partial charge in [0.1, 0.15) is 24.3 Å². The Labute approximate surface area is 189 Å². The molecule has 0 spiro atoms. The topological polar surface area (TPSA) is 113 Å². The van der Waals surface area contributed by atoms with Crippen LogP contribution < -0.4 is 0 Å². The molecule has 0 aliphatic carbocycles. The van der Waals surface area contributed by atoms with Crippen molar-refractivity contribution in [1.29, 1.82) is 0 Å². The number of benzene rings is 1. The van der Waals surface area contributed by atoms with Gasteiger partial charge in [-0.15, -0.1) is 0 Å². The molecular formula is C23H34N2O7. The van der Waals surface area contributed by atoms with E-state index in [1.807, 2.05) is 18.2 Å². The lowest BCUT2D eigenvalue weighted by Crippen LogP contribution is -2.55. The minimum Gasteiger partial charge on any atom is -0.480 e. The molecule has 0 fully saturated rings. The van der Waals surface area contributed by atoms with Gasteiger partial charge in [0.05, 0.1) is 6.42 Å². The average Bonchev–Trinajstić information content (AvgIpc) is 2.68. The van der Waals surface area contributed by atoms with Crippen LogP contribution in [0.15, 0.2) is 30.3 Å². The molecule has 0 aliphatic rings. The van der Waals surface area contributed by atoms with E-state index in [1.165, 1.54) is 14.1 Å². The standard InChI is InChI=1S/C23H34N2O7/c1-15(2)19(25(7)22(30)31-14-16-11-9-8-10-12-16)20(27)24(6)17(21(28)29)13-18(26)32-23(3,4)5/h8-12,15,17,19H,13-14H2,1-7H3,(H,28,29)/t17-,19-/m0/s1. The summed E-state index contributed by atoms with van der Waals surface area (Å²) >= 11 is 0. The molecule has 0 aromatic heterocycles. The van der Waals surface area contributed by atoms with Crippen LogP contribution in [0.5, 0.6) is 0 Å². The van der Waals surface area contributed by atoms with Crippen molar-refractivity contribution in [3.63, 3.8) is 0 Å². The molecule has 9 nitrogen and oxygen atoms in total. The molecule has 0 saturated carbocycles. The Morgan fingerprint density at radius 3 is 2.03 bits per heavy atom. The molecule has 0 radical (unpaired) electrons. The van der Waals surface area contributed by atoms with Gasteiger partial charge in [-0.1, -0.05) is 44.2 Å². The van der Waals surface area contributed by atoms with E-state index < -0.39 is 48.0 Å². The first kappa shape index (κ1) is 26.9. The Balaban J connectivity index is 2.94. The summed E-state index contributed by atoms with van der Waals surface area (Å²) in [6.45, 7) is 8.51. The molecule has 1 N–H and O–H groups in total. The Morgan fingerprint density at radius 1 is 1.00 bits per heavy atom.